The van der Waals surface area contributed by atoms with Crippen LogP contribution in [-0.2, 0) is 16.0 Å². The lowest BCUT2D eigenvalue weighted by Crippen LogP contribution is -2.34. The number of hydrogen-bond acceptors (Lipinski definition) is 5. The van der Waals surface area contributed by atoms with Crippen LogP contribution in [0, 0.1) is 6.92 Å². The van der Waals surface area contributed by atoms with Gasteiger partial charge in [-0.15, -0.1) is 0 Å². The number of ether oxygens (including phenoxy) is 2. The van der Waals surface area contributed by atoms with Gasteiger partial charge in [-0.3, -0.25) is 9.55 Å². The fourth-order valence-corrected chi connectivity index (χ4v) is 3.81. The van der Waals surface area contributed by atoms with E-state index in [0.717, 1.165) is 33.4 Å². The second kappa shape index (κ2) is 6.73. The average Bonchev–Trinajstić information content (AvgIpc) is 3.21. The van der Waals surface area contributed by atoms with Gasteiger partial charge in [-0.25, -0.2) is 14.8 Å². The Kier molecular flexibility index (Phi) is 4.19. The Bertz CT molecular complexity index is 1240. The number of nitrogens with zero attached hydrogens (tertiary/aromatic N) is 3. The first kappa shape index (κ1) is 17.4. The van der Waals surface area contributed by atoms with Crippen molar-refractivity contribution in [1.29, 1.82) is 0 Å². The number of nitrogens with one attached hydrogen (secondary N) is 2. The van der Waals surface area contributed by atoms with E-state index in [1.807, 2.05) is 19.1 Å². The number of rotatable bonds is 3. The lowest BCUT2D eigenvalue weighted by molar-refractivity contribution is -0.0934. The number of aromatic amines is 2. The zero-order valence-corrected chi connectivity index (χ0v) is 15.9. The molecule has 4 aromatic rings. The Morgan fingerprint density at radius 1 is 1.32 bits per heavy atom. The number of H-pyrrole nitrogens is 2. The van der Waals surface area contributed by atoms with Crippen molar-refractivity contribution in [2.24, 2.45) is 0 Å². The van der Waals surface area contributed by atoms with Crippen LogP contribution in [0.15, 0.2) is 29.3 Å². The highest BCUT2D eigenvalue weighted by atomic mass is 35.5. The first-order valence-corrected chi connectivity index (χ1v) is 9.40. The maximum absolute atomic E-state index is 12.5. The van der Waals surface area contributed by atoms with Gasteiger partial charge in [0.25, 0.3) is 0 Å². The zero-order valence-electron chi connectivity index (χ0n) is 15.2. The summed E-state index contributed by atoms with van der Waals surface area (Å²) in [6.45, 7) is 3.90. The molecule has 0 radical (unpaired) electrons. The third-order valence-corrected chi connectivity index (χ3v) is 5.33. The van der Waals surface area contributed by atoms with Crippen molar-refractivity contribution in [3.63, 3.8) is 0 Å². The molecule has 0 bridgehead atoms. The summed E-state index contributed by atoms with van der Waals surface area (Å²) in [6, 6.07) is 3.94. The smallest absolute Gasteiger partial charge is 0.327 e. The summed E-state index contributed by atoms with van der Waals surface area (Å²) in [7, 11) is 0. The molecule has 0 amide bonds. The van der Waals surface area contributed by atoms with E-state index in [4.69, 9.17) is 21.1 Å². The first-order valence-electron chi connectivity index (χ1n) is 9.02. The van der Waals surface area contributed by atoms with Gasteiger partial charge in [-0.2, -0.15) is 0 Å². The summed E-state index contributed by atoms with van der Waals surface area (Å²) in [5, 5.41) is 1.46. The lowest BCUT2D eigenvalue weighted by atomic mass is 10.1. The SMILES string of the molecule is Cc1nc2[nH]c(=O)n(C[C@H]3COCCO3)c2cc1-c1cnc2[nH]cc(Cl)c2c1. The Hall–Kier alpha value is -2.68. The van der Waals surface area contributed by atoms with E-state index in [2.05, 4.69) is 19.9 Å². The molecule has 1 aliphatic rings. The number of fused-ring (bicyclic) bond motifs is 2. The van der Waals surface area contributed by atoms with Crippen molar-refractivity contribution in [3.05, 3.63) is 45.7 Å². The van der Waals surface area contributed by atoms with Gasteiger partial charge in [0, 0.05) is 34.6 Å². The molecule has 0 spiro atoms. The molecule has 0 aromatic carbocycles. The number of pyridine rings is 2. The van der Waals surface area contributed by atoms with Gasteiger partial charge < -0.3 is 14.5 Å². The zero-order chi connectivity index (χ0) is 19.3. The quantitative estimate of drug-likeness (QED) is 0.552. The predicted octanol–water partition coefficient (Wildman–Crippen LogP) is 2.65. The van der Waals surface area contributed by atoms with Crippen LogP contribution in [0.3, 0.4) is 0 Å². The standard InChI is InChI=1S/C19H18ClN5O3/c1-10-13(11-4-14-15(20)7-22-17(14)21-6-11)5-16-18(23-10)24-19(26)25(16)8-12-9-27-2-3-28-12/h4-7,12H,2-3,8-9H2,1H3,(H,21,22)(H,23,24,26)/t12-/m0/s1. The Morgan fingerprint density at radius 2 is 2.21 bits per heavy atom. The van der Waals surface area contributed by atoms with Crippen molar-refractivity contribution in [3.8, 4) is 11.1 Å². The number of imidazole rings is 1. The molecule has 4 aromatic heterocycles. The van der Waals surface area contributed by atoms with Gasteiger partial charge in [0.15, 0.2) is 5.65 Å². The molecular formula is C19H18ClN5O3. The maximum atomic E-state index is 12.5. The van der Waals surface area contributed by atoms with Gasteiger partial charge in [0.2, 0.25) is 0 Å². The molecule has 1 fully saturated rings. The van der Waals surface area contributed by atoms with E-state index in [0.29, 0.717) is 37.0 Å². The second-order valence-corrected chi connectivity index (χ2v) is 7.26. The van der Waals surface area contributed by atoms with Crippen LogP contribution < -0.4 is 5.69 Å². The van der Waals surface area contributed by atoms with Crippen LogP contribution in [0.1, 0.15) is 5.69 Å². The minimum atomic E-state index is -0.213. The monoisotopic (exact) mass is 399 g/mol. The Morgan fingerprint density at radius 3 is 3.04 bits per heavy atom. The molecule has 0 unspecified atom stereocenters. The highest BCUT2D eigenvalue weighted by Gasteiger charge is 2.19. The van der Waals surface area contributed by atoms with Crippen LogP contribution in [0.4, 0.5) is 0 Å². The largest absolute Gasteiger partial charge is 0.376 e. The molecule has 9 heteroatoms. The highest BCUT2D eigenvalue weighted by molar-refractivity contribution is 6.35. The van der Waals surface area contributed by atoms with Crippen LogP contribution >= 0.6 is 11.6 Å². The van der Waals surface area contributed by atoms with Crippen molar-refractivity contribution >= 4 is 33.8 Å². The fraction of sp³-hybridized carbons (Fsp3) is 0.316. The van der Waals surface area contributed by atoms with E-state index < -0.39 is 0 Å². The van der Waals surface area contributed by atoms with Crippen LogP contribution in [0.2, 0.25) is 5.02 Å². The van der Waals surface area contributed by atoms with E-state index in [1.165, 1.54) is 0 Å². The predicted molar refractivity (Wildman–Crippen MR) is 106 cm³/mol. The molecule has 5 rings (SSSR count). The molecule has 0 saturated carbocycles. The topological polar surface area (TPSA) is 97.8 Å². The van der Waals surface area contributed by atoms with Gasteiger partial charge in [-0.1, -0.05) is 11.6 Å². The summed E-state index contributed by atoms with van der Waals surface area (Å²) >= 11 is 6.24. The van der Waals surface area contributed by atoms with E-state index in [9.17, 15) is 4.79 Å². The molecule has 8 nitrogen and oxygen atoms in total. The fourth-order valence-electron chi connectivity index (χ4n) is 3.61. The van der Waals surface area contributed by atoms with E-state index in [1.54, 1.807) is 17.0 Å². The first-order chi connectivity index (χ1) is 13.6. The van der Waals surface area contributed by atoms with Crippen LogP contribution in [-0.4, -0.2) is 50.4 Å². The summed E-state index contributed by atoms with van der Waals surface area (Å²) in [6.07, 6.45) is 3.33. The normalized spacial score (nSPS) is 17.6. The summed E-state index contributed by atoms with van der Waals surface area (Å²) < 4.78 is 12.8. The highest BCUT2D eigenvalue weighted by Crippen LogP contribution is 2.30. The Labute approximate surface area is 164 Å². The molecule has 2 N–H and O–H groups in total. The average molecular weight is 400 g/mol. The molecule has 1 atom stereocenters. The maximum Gasteiger partial charge on any atom is 0.327 e. The Balaban J connectivity index is 1.62. The lowest BCUT2D eigenvalue weighted by Gasteiger charge is -2.23. The third-order valence-electron chi connectivity index (χ3n) is 5.02. The molecule has 28 heavy (non-hydrogen) atoms. The van der Waals surface area contributed by atoms with E-state index >= 15 is 0 Å². The molecule has 1 saturated heterocycles. The van der Waals surface area contributed by atoms with Crippen molar-refractivity contribution in [2.75, 3.05) is 19.8 Å². The van der Waals surface area contributed by atoms with Gasteiger partial charge in [-0.05, 0) is 19.1 Å². The molecule has 5 heterocycles. The summed E-state index contributed by atoms with van der Waals surface area (Å²) in [5.41, 5.74) is 4.37. The molecular weight excluding hydrogens is 382 g/mol. The third kappa shape index (κ3) is 2.90. The number of aromatic nitrogens is 5. The number of halogens is 1. The number of aryl methyl sites for hydroxylation is 1. The minimum Gasteiger partial charge on any atom is -0.376 e. The summed E-state index contributed by atoms with van der Waals surface area (Å²) in [4.78, 5) is 27.4. The van der Waals surface area contributed by atoms with Gasteiger partial charge in [0.1, 0.15) is 5.65 Å². The molecule has 144 valence electrons. The van der Waals surface area contributed by atoms with Crippen molar-refractivity contribution < 1.29 is 9.47 Å². The van der Waals surface area contributed by atoms with Crippen molar-refractivity contribution in [1.82, 2.24) is 24.5 Å². The van der Waals surface area contributed by atoms with E-state index in [-0.39, 0.29) is 11.8 Å². The minimum absolute atomic E-state index is 0.160. The van der Waals surface area contributed by atoms with Crippen LogP contribution in [0.5, 0.6) is 0 Å². The molecule has 0 aliphatic carbocycles. The second-order valence-electron chi connectivity index (χ2n) is 6.85. The molecule has 1 aliphatic heterocycles. The van der Waals surface area contributed by atoms with Gasteiger partial charge in [0.05, 0.1) is 43.0 Å². The number of hydrogen-bond donors (Lipinski definition) is 2. The van der Waals surface area contributed by atoms with Crippen LogP contribution in [0.25, 0.3) is 33.3 Å². The van der Waals surface area contributed by atoms with Crippen molar-refractivity contribution in [2.45, 2.75) is 19.6 Å². The summed E-state index contributed by atoms with van der Waals surface area (Å²) in [5.74, 6) is 0. The van der Waals surface area contributed by atoms with Gasteiger partial charge >= 0.3 is 5.69 Å².